The molecule has 4 nitrogen and oxygen atoms in total. The molecule has 0 aliphatic carbocycles. The molecule has 2 aromatic carbocycles. The van der Waals surface area contributed by atoms with Gasteiger partial charge in [-0.1, -0.05) is 72.8 Å². The van der Waals surface area contributed by atoms with E-state index in [1.54, 1.807) is 6.08 Å². The van der Waals surface area contributed by atoms with Gasteiger partial charge in [0.15, 0.2) is 5.92 Å². The third kappa shape index (κ3) is 4.59. The normalized spacial score (nSPS) is 12.0. The van der Waals surface area contributed by atoms with Gasteiger partial charge in [0.05, 0.1) is 0 Å². The highest BCUT2D eigenvalue weighted by Gasteiger charge is 2.24. The molecule has 0 aliphatic heterocycles. The van der Waals surface area contributed by atoms with Gasteiger partial charge in [0, 0.05) is 0 Å². The number of carboxylic acid groups (broad SMARTS) is 1. The number of hydrogen-bond donors (Lipinski definition) is 1. The summed E-state index contributed by atoms with van der Waals surface area (Å²) >= 11 is 0. The smallest absolute Gasteiger partial charge is 0.324 e. The van der Waals surface area contributed by atoms with Crippen LogP contribution in [0.15, 0.2) is 66.7 Å². The molecule has 1 N–H and O–H groups in total. The van der Waals surface area contributed by atoms with Crippen molar-refractivity contribution in [2.45, 2.75) is 6.61 Å². The first-order valence-corrected chi connectivity index (χ1v) is 6.83. The van der Waals surface area contributed by atoms with E-state index in [1.807, 2.05) is 60.7 Å². The summed E-state index contributed by atoms with van der Waals surface area (Å²) in [6, 6.07) is 18.3. The van der Waals surface area contributed by atoms with Crippen LogP contribution in [0, 0.1) is 5.92 Å². The van der Waals surface area contributed by atoms with Gasteiger partial charge in [-0.3, -0.25) is 9.59 Å². The lowest BCUT2D eigenvalue weighted by molar-refractivity contribution is -0.157. The van der Waals surface area contributed by atoms with Crippen LogP contribution in [0.3, 0.4) is 0 Å². The molecular weight excluding hydrogens is 280 g/mol. The topological polar surface area (TPSA) is 63.6 Å². The van der Waals surface area contributed by atoms with Crippen LogP contribution in [-0.2, 0) is 20.9 Å². The molecule has 0 aromatic heterocycles. The molecule has 0 bridgehead atoms. The Hall–Kier alpha value is -2.88. The van der Waals surface area contributed by atoms with Gasteiger partial charge in [-0.05, 0) is 11.1 Å². The lowest BCUT2D eigenvalue weighted by Crippen LogP contribution is -2.23. The van der Waals surface area contributed by atoms with E-state index in [9.17, 15) is 9.59 Å². The van der Waals surface area contributed by atoms with E-state index >= 15 is 0 Å². The predicted octanol–water partition coefficient (Wildman–Crippen LogP) is 3.14. The summed E-state index contributed by atoms with van der Waals surface area (Å²) in [5.74, 6) is -3.32. The quantitative estimate of drug-likeness (QED) is 0.657. The average molecular weight is 296 g/mol. The maximum Gasteiger partial charge on any atom is 0.324 e. The lowest BCUT2D eigenvalue weighted by atomic mass is 10.1. The molecule has 22 heavy (non-hydrogen) atoms. The molecule has 2 aromatic rings. The number of carbonyl (C=O) groups excluding carboxylic acids is 1. The third-order valence-electron chi connectivity index (χ3n) is 3.02. The molecule has 0 aliphatic rings. The monoisotopic (exact) mass is 296 g/mol. The summed E-state index contributed by atoms with van der Waals surface area (Å²) in [6.07, 6.45) is 2.94. The molecule has 0 saturated heterocycles. The second-order valence-corrected chi connectivity index (χ2v) is 4.68. The third-order valence-corrected chi connectivity index (χ3v) is 3.02. The molecule has 4 heteroatoms. The Bertz CT molecular complexity index is 647. The lowest BCUT2D eigenvalue weighted by Gasteiger charge is -2.08. The Morgan fingerprint density at radius 1 is 1.00 bits per heavy atom. The Morgan fingerprint density at radius 3 is 2.18 bits per heavy atom. The zero-order valence-electron chi connectivity index (χ0n) is 11.9. The Balaban J connectivity index is 2.00. The molecule has 1 atom stereocenters. The van der Waals surface area contributed by atoms with Crippen molar-refractivity contribution in [1.82, 2.24) is 0 Å². The highest BCUT2D eigenvalue weighted by Crippen LogP contribution is 2.10. The van der Waals surface area contributed by atoms with Gasteiger partial charge in [0.1, 0.15) is 6.61 Å². The van der Waals surface area contributed by atoms with Crippen LogP contribution in [0.1, 0.15) is 11.1 Å². The van der Waals surface area contributed by atoms with Gasteiger partial charge in [-0.15, -0.1) is 0 Å². The summed E-state index contributed by atoms with van der Waals surface area (Å²) in [5, 5.41) is 9.17. The Kier molecular flexibility index (Phi) is 5.49. The van der Waals surface area contributed by atoms with Crippen LogP contribution >= 0.6 is 0 Å². The van der Waals surface area contributed by atoms with Crippen molar-refractivity contribution < 1.29 is 19.4 Å². The summed E-state index contributed by atoms with van der Waals surface area (Å²) in [5.41, 5.74) is 1.64. The van der Waals surface area contributed by atoms with Crippen LogP contribution in [0.25, 0.3) is 6.08 Å². The number of hydrogen-bond acceptors (Lipinski definition) is 3. The van der Waals surface area contributed by atoms with Crippen molar-refractivity contribution in [3.8, 4) is 0 Å². The van der Waals surface area contributed by atoms with Gasteiger partial charge < -0.3 is 9.84 Å². The van der Waals surface area contributed by atoms with E-state index in [0.717, 1.165) is 11.1 Å². The van der Waals surface area contributed by atoms with E-state index in [-0.39, 0.29) is 6.61 Å². The van der Waals surface area contributed by atoms with Crippen LogP contribution in [0.4, 0.5) is 0 Å². The van der Waals surface area contributed by atoms with Gasteiger partial charge in [-0.25, -0.2) is 0 Å². The van der Waals surface area contributed by atoms with Crippen LogP contribution in [0.5, 0.6) is 0 Å². The number of esters is 1. The molecule has 0 heterocycles. The summed E-state index contributed by atoms with van der Waals surface area (Å²) in [6.45, 7) is 0.0582. The number of benzene rings is 2. The zero-order valence-corrected chi connectivity index (χ0v) is 11.9. The number of ether oxygens (including phenoxy) is 1. The van der Waals surface area contributed by atoms with E-state index in [4.69, 9.17) is 9.84 Å². The minimum Gasteiger partial charge on any atom is -0.480 e. The van der Waals surface area contributed by atoms with E-state index < -0.39 is 17.9 Å². The number of rotatable bonds is 6. The number of carbonyl (C=O) groups is 2. The van der Waals surface area contributed by atoms with Gasteiger partial charge >= 0.3 is 11.9 Å². The molecule has 0 spiro atoms. The SMILES string of the molecule is O=C(O)C(C=Cc1ccccc1)C(=O)OCc1ccccc1. The summed E-state index contributed by atoms with van der Waals surface area (Å²) in [4.78, 5) is 23.1. The largest absolute Gasteiger partial charge is 0.480 e. The van der Waals surface area contributed by atoms with Crippen molar-refractivity contribution in [2.75, 3.05) is 0 Å². The Morgan fingerprint density at radius 2 is 1.59 bits per heavy atom. The summed E-state index contributed by atoms with van der Waals surface area (Å²) < 4.78 is 5.07. The molecule has 0 fully saturated rings. The first-order chi connectivity index (χ1) is 10.7. The second-order valence-electron chi connectivity index (χ2n) is 4.68. The van der Waals surface area contributed by atoms with E-state index in [2.05, 4.69) is 0 Å². The Labute approximate surface area is 128 Å². The van der Waals surface area contributed by atoms with Crippen LogP contribution in [0.2, 0.25) is 0 Å². The van der Waals surface area contributed by atoms with Gasteiger partial charge in [0.25, 0.3) is 0 Å². The standard InChI is InChI=1S/C18H16O4/c19-17(20)16(12-11-14-7-3-1-4-8-14)18(21)22-13-15-9-5-2-6-10-15/h1-12,16H,13H2,(H,19,20). The van der Waals surface area contributed by atoms with Gasteiger partial charge in [0.2, 0.25) is 0 Å². The van der Waals surface area contributed by atoms with Crippen molar-refractivity contribution in [3.05, 3.63) is 77.9 Å². The summed E-state index contributed by atoms with van der Waals surface area (Å²) in [7, 11) is 0. The zero-order chi connectivity index (χ0) is 15.8. The minimum atomic E-state index is -1.32. The molecule has 0 amide bonds. The van der Waals surface area contributed by atoms with E-state index in [0.29, 0.717) is 0 Å². The fraction of sp³-hybridized carbons (Fsp3) is 0.111. The molecule has 2 rings (SSSR count). The van der Waals surface area contributed by atoms with Crippen molar-refractivity contribution >= 4 is 18.0 Å². The number of carboxylic acids is 1. The van der Waals surface area contributed by atoms with E-state index in [1.165, 1.54) is 6.08 Å². The molecule has 0 saturated carbocycles. The van der Waals surface area contributed by atoms with Crippen LogP contribution < -0.4 is 0 Å². The first-order valence-electron chi connectivity index (χ1n) is 6.83. The maximum atomic E-state index is 11.9. The van der Waals surface area contributed by atoms with Crippen molar-refractivity contribution in [3.63, 3.8) is 0 Å². The molecule has 0 radical (unpaired) electrons. The minimum absolute atomic E-state index is 0.0582. The van der Waals surface area contributed by atoms with Crippen molar-refractivity contribution in [2.24, 2.45) is 5.92 Å². The van der Waals surface area contributed by atoms with Crippen LogP contribution in [-0.4, -0.2) is 17.0 Å². The molecule has 112 valence electrons. The average Bonchev–Trinajstić information content (AvgIpc) is 2.55. The fourth-order valence-electron chi connectivity index (χ4n) is 1.85. The fourth-order valence-corrected chi connectivity index (χ4v) is 1.85. The van der Waals surface area contributed by atoms with Crippen molar-refractivity contribution in [1.29, 1.82) is 0 Å². The first kappa shape index (κ1) is 15.5. The predicted molar refractivity (Wildman–Crippen MR) is 82.8 cm³/mol. The highest BCUT2D eigenvalue weighted by molar-refractivity contribution is 5.96. The second kappa shape index (κ2) is 7.78. The maximum absolute atomic E-state index is 11.9. The number of aliphatic carboxylic acids is 1. The highest BCUT2D eigenvalue weighted by atomic mass is 16.5. The van der Waals surface area contributed by atoms with Gasteiger partial charge in [-0.2, -0.15) is 0 Å². The molecule has 1 unspecified atom stereocenters. The molecular formula is C18H16O4.